The molecule has 0 aromatic heterocycles. The Balaban J connectivity index is 2.01. The predicted molar refractivity (Wildman–Crippen MR) is 70.2 cm³/mol. The van der Waals surface area contributed by atoms with Crippen molar-refractivity contribution in [2.75, 3.05) is 19.6 Å². The van der Waals surface area contributed by atoms with Crippen LogP contribution in [0.15, 0.2) is 0 Å². The van der Waals surface area contributed by atoms with E-state index in [2.05, 4.69) is 5.32 Å². The Bertz CT molecular complexity index is 346. The zero-order valence-corrected chi connectivity index (χ0v) is 11.9. The molecule has 20 heavy (non-hydrogen) atoms. The molecule has 1 aliphatic heterocycles. The highest BCUT2D eigenvalue weighted by atomic mass is 19.4. The molecule has 1 saturated carbocycles. The third-order valence-corrected chi connectivity index (χ3v) is 4.48. The molecule has 1 amide bonds. The minimum absolute atomic E-state index is 0.199. The van der Waals surface area contributed by atoms with Crippen LogP contribution < -0.4 is 5.32 Å². The minimum Gasteiger partial charge on any atom is -0.332 e. The van der Waals surface area contributed by atoms with E-state index in [0.29, 0.717) is 12.3 Å². The highest BCUT2D eigenvalue weighted by Crippen LogP contribution is 2.38. The fraction of sp³-hybridized carbons (Fsp3) is 0.929. The number of hydrogen-bond donors (Lipinski definition) is 1. The normalized spacial score (nSPS) is 29.5. The van der Waals surface area contributed by atoms with Gasteiger partial charge in [0.15, 0.2) is 0 Å². The van der Waals surface area contributed by atoms with Crippen molar-refractivity contribution in [3.8, 4) is 0 Å². The first-order chi connectivity index (χ1) is 9.42. The van der Waals surface area contributed by atoms with Gasteiger partial charge >= 0.3 is 6.18 Å². The summed E-state index contributed by atoms with van der Waals surface area (Å²) in [4.78, 5) is 13.4. The van der Waals surface area contributed by atoms with E-state index in [4.69, 9.17) is 0 Å². The molecule has 1 saturated heterocycles. The van der Waals surface area contributed by atoms with E-state index < -0.39 is 18.8 Å². The largest absolute Gasteiger partial charge is 0.406 e. The highest BCUT2D eigenvalue weighted by Gasteiger charge is 2.45. The number of nitrogens with one attached hydrogen (secondary N) is 1. The van der Waals surface area contributed by atoms with Crippen LogP contribution >= 0.6 is 0 Å². The van der Waals surface area contributed by atoms with Crippen LogP contribution in [-0.4, -0.2) is 42.7 Å². The number of halogens is 3. The lowest BCUT2D eigenvalue weighted by Gasteiger charge is -2.28. The molecule has 0 aromatic rings. The fourth-order valence-electron chi connectivity index (χ4n) is 3.49. The van der Waals surface area contributed by atoms with Gasteiger partial charge < -0.3 is 10.2 Å². The summed E-state index contributed by atoms with van der Waals surface area (Å²) < 4.78 is 37.9. The summed E-state index contributed by atoms with van der Waals surface area (Å²) in [6, 6.07) is -0.401. The molecule has 3 nitrogen and oxygen atoms in total. The minimum atomic E-state index is -4.32. The van der Waals surface area contributed by atoms with Gasteiger partial charge in [0, 0.05) is 6.54 Å². The molecule has 1 aliphatic carbocycles. The Morgan fingerprint density at radius 1 is 1.35 bits per heavy atom. The van der Waals surface area contributed by atoms with E-state index >= 15 is 0 Å². The summed E-state index contributed by atoms with van der Waals surface area (Å²) in [6.45, 7) is 1.76. The van der Waals surface area contributed by atoms with Crippen molar-refractivity contribution in [1.82, 2.24) is 10.2 Å². The van der Waals surface area contributed by atoms with Crippen molar-refractivity contribution >= 4 is 5.91 Å². The van der Waals surface area contributed by atoms with Crippen LogP contribution in [0.2, 0.25) is 0 Å². The average Bonchev–Trinajstić information content (AvgIpc) is 2.94. The summed E-state index contributed by atoms with van der Waals surface area (Å²) in [5.41, 5.74) is 0. The molecule has 3 unspecified atom stereocenters. The number of fused-ring (bicyclic) bond motifs is 1. The number of carbonyl (C=O) groups excluding carboxylic acids is 1. The highest BCUT2D eigenvalue weighted by molar-refractivity contribution is 5.82. The van der Waals surface area contributed by atoms with Crippen LogP contribution in [0.5, 0.6) is 0 Å². The Kier molecular flexibility index (Phi) is 4.94. The summed E-state index contributed by atoms with van der Waals surface area (Å²) in [7, 11) is 0. The van der Waals surface area contributed by atoms with Crippen LogP contribution in [0.3, 0.4) is 0 Å². The fourth-order valence-corrected chi connectivity index (χ4v) is 3.49. The number of nitrogens with zero attached hydrogens (tertiary/aromatic N) is 1. The molecule has 1 heterocycles. The van der Waals surface area contributed by atoms with Gasteiger partial charge in [-0.3, -0.25) is 4.79 Å². The van der Waals surface area contributed by atoms with Gasteiger partial charge in [-0.2, -0.15) is 13.2 Å². The first-order valence-electron chi connectivity index (χ1n) is 7.51. The number of rotatable bonds is 5. The molecule has 0 radical (unpaired) electrons. The SMILES string of the molecule is CCCCN(CC(F)(F)F)C(=O)C1NCC2CCCC21. The van der Waals surface area contributed by atoms with Gasteiger partial charge in [0.2, 0.25) is 5.91 Å². The maximum atomic E-state index is 12.6. The van der Waals surface area contributed by atoms with Crippen molar-refractivity contribution in [3.05, 3.63) is 0 Å². The van der Waals surface area contributed by atoms with E-state index in [9.17, 15) is 18.0 Å². The third kappa shape index (κ3) is 3.65. The molecule has 0 bridgehead atoms. The molecule has 1 N–H and O–H groups in total. The van der Waals surface area contributed by atoms with Gasteiger partial charge in [0.25, 0.3) is 0 Å². The second kappa shape index (κ2) is 6.33. The lowest BCUT2D eigenvalue weighted by molar-refractivity contribution is -0.163. The first-order valence-corrected chi connectivity index (χ1v) is 7.51. The zero-order valence-electron chi connectivity index (χ0n) is 11.9. The van der Waals surface area contributed by atoms with E-state index in [-0.39, 0.29) is 18.4 Å². The summed E-state index contributed by atoms with van der Waals surface area (Å²) in [6.07, 6.45) is 0.220. The quantitative estimate of drug-likeness (QED) is 0.844. The van der Waals surface area contributed by atoms with Gasteiger partial charge in [-0.05, 0) is 37.6 Å². The smallest absolute Gasteiger partial charge is 0.332 e. The van der Waals surface area contributed by atoms with Crippen molar-refractivity contribution in [1.29, 1.82) is 0 Å². The van der Waals surface area contributed by atoms with Crippen molar-refractivity contribution in [3.63, 3.8) is 0 Å². The summed E-state index contributed by atoms with van der Waals surface area (Å²) in [5, 5.41) is 3.14. The second-order valence-corrected chi connectivity index (χ2v) is 5.97. The van der Waals surface area contributed by atoms with Crippen LogP contribution in [0.1, 0.15) is 39.0 Å². The molecular formula is C14H23F3N2O. The Morgan fingerprint density at radius 2 is 2.10 bits per heavy atom. The van der Waals surface area contributed by atoms with Gasteiger partial charge in [0.05, 0.1) is 6.04 Å². The molecule has 2 fully saturated rings. The number of alkyl halides is 3. The van der Waals surface area contributed by atoms with Crippen LogP contribution in [0, 0.1) is 11.8 Å². The van der Waals surface area contributed by atoms with Gasteiger partial charge in [-0.25, -0.2) is 0 Å². The third-order valence-electron chi connectivity index (χ3n) is 4.48. The topological polar surface area (TPSA) is 32.3 Å². The lowest BCUT2D eigenvalue weighted by atomic mass is 9.93. The average molecular weight is 292 g/mol. The number of unbranched alkanes of at least 4 members (excludes halogenated alkanes) is 1. The number of carbonyl (C=O) groups is 1. The number of amides is 1. The molecule has 3 atom stereocenters. The van der Waals surface area contributed by atoms with Crippen LogP contribution in [0.25, 0.3) is 0 Å². The van der Waals surface area contributed by atoms with Crippen LogP contribution in [-0.2, 0) is 4.79 Å². The molecule has 0 aromatic carbocycles. The Morgan fingerprint density at radius 3 is 2.75 bits per heavy atom. The van der Waals surface area contributed by atoms with Crippen molar-refractivity contribution in [2.24, 2.45) is 11.8 Å². The van der Waals surface area contributed by atoms with Gasteiger partial charge in [-0.15, -0.1) is 0 Å². The Labute approximate surface area is 117 Å². The molecule has 0 spiro atoms. The van der Waals surface area contributed by atoms with Gasteiger partial charge in [0.1, 0.15) is 6.54 Å². The molecule has 116 valence electrons. The van der Waals surface area contributed by atoms with Gasteiger partial charge in [-0.1, -0.05) is 19.8 Å². The Hall–Kier alpha value is -0.780. The van der Waals surface area contributed by atoms with Crippen molar-refractivity contribution < 1.29 is 18.0 Å². The molecular weight excluding hydrogens is 269 g/mol. The molecule has 2 aliphatic rings. The lowest BCUT2D eigenvalue weighted by Crippen LogP contribution is -2.49. The molecule has 2 rings (SSSR count). The number of hydrogen-bond acceptors (Lipinski definition) is 2. The maximum absolute atomic E-state index is 12.6. The van der Waals surface area contributed by atoms with E-state index in [0.717, 1.165) is 37.1 Å². The first kappa shape index (κ1) is 15.6. The van der Waals surface area contributed by atoms with E-state index in [1.54, 1.807) is 0 Å². The van der Waals surface area contributed by atoms with Crippen LogP contribution in [0.4, 0.5) is 13.2 Å². The summed E-state index contributed by atoms with van der Waals surface area (Å²) in [5.74, 6) is 0.355. The van der Waals surface area contributed by atoms with E-state index in [1.165, 1.54) is 0 Å². The van der Waals surface area contributed by atoms with E-state index in [1.807, 2.05) is 6.92 Å². The van der Waals surface area contributed by atoms with Crippen molar-refractivity contribution in [2.45, 2.75) is 51.2 Å². The second-order valence-electron chi connectivity index (χ2n) is 5.97. The summed E-state index contributed by atoms with van der Waals surface area (Å²) >= 11 is 0. The maximum Gasteiger partial charge on any atom is 0.406 e. The standard InChI is InChI=1S/C14H23F3N2O/c1-2-3-7-19(9-14(15,16)17)13(20)12-11-6-4-5-10(11)8-18-12/h10-12,18H,2-9H2,1H3. The molecule has 6 heteroatoms. The zero-order chi connectivity index (χ0) is 14.8. The monoisotopic (exact) mass is 292 g/mol. The predicted octanol–water partition coefficient (Wildman–Crippen LogP) is 2.57.